The van der Waals surface area contributed by atoms with Crippen molar-refractivity contribution in [3.8, 4) is 0 Å². The third-order valence-electron chi connectivity index (χ3n) is 1.93. The smallest absolute Gasteiger partial charge is 0.182 e. The Labute approximate surface area is 112 Å². The molecule has 0 atom stereocenters. The molecule has 0 aliphatic rings. The molecule has 0 amide bonds. The van der Waals surface area contributed by atoms with E-state index in [1.807, 2.05) is 18.8 Å². The molecule has 92 valence electrons. The third-order valence-corrected chi connectivity index (χ3v) is 4.31. The first-order chi connectivity index (χ1) is 8.38. The summed E-state index contributed by atoms with van der Waals surface area (Å²) in [7, 11) is 1.89. The molecule has 2 N–H and O–H groups in total. The Kier molecular flexibility index (Phi) is 5.02. The molecule has 0 spiro atoms. The zero-order valence-corrected chi connectivity index (χ0v) is 11.8. The van der Waals surface area contributed by atoms with Crippen LogP contribution in [0.3, 0.4) is 0 Å². The second kappa shape index (κ2) is 6.77. The Morgan fingerprint density at radius 1 is 1.47 bits per heavy atom. The maximum Gasteiger partial charge on any atom is 0.182 e. The van der Waals surface area contributed by atoms with Crippen molar-refractivity contribution in [3.63, 3.8) is 0 Å². The third kappa shape index (κ3) is 4.14. The van der Waals surface area contributed by atoms with E-state index in [4.69, 9.17) is 0 Å². The zero-order chi connectivity index (χ0) is 11.9. The molecule has 2 heterocycles. The lowest BCUT2D eigenvalue weighted by Crippen LogP contribution is -2.04. The summed E-state index contributed by atoms with van der Waals surface area (Å²) in [5.74, 6) is 2.85. The summed E-state index contributed by atoms with van der Waals surface area (Å²) in [6.07, 6.45) is 1.74. The van der Waals surface area contributed by atoms with Crippen molar-refractivity contribution < 1.29 is 0 Å². The molecule has 0 saturated carbocycles. The fourth-order valence-corrected chi connectivity index (χ4v) is 3.08. The van der Waals surface area contributed by atoms with E-state index in [-0.39, 0.29) is 0 Å². The molecule has 0 unspecified atom stereocenters. The number of thioether (sulfide) groups is 1. The van der Waals surface area contributed by atoms with Gasteiger partial charge in [-0.1, -0.05) is 0 Å². The summed E-state index contributed by atoms with van der Waals surface area (Å²) < 4.78 is 8.00. The molecule has 0 radical (unpaired) electrons. The highest BCUT2D eigenvalue weighted by molar-refractivity contribution is 7.98. The summed E-state index contributed by atoms with van der Waals surface area (Å²) in [5.41, 5.74) is 1.14. The zero-order valence-electron chi connectivity index (χ0n) is 9.34. The number of hydrogen-bond acceptors (Lipinski definition) is 8. The van der Waals surface area contributed by atoms with Crippen LogP contribution in [0.25, 0.3) is 0 Å². The summed E-state index contributed by atoms with van der Waals surface area (Å²) in [5, 5.41) is 9.33. The molecular weight excluding hydrogens is 274 g/mol. The maximum atomic E-state index is 4.42. The van der Waals surface area contributed by atoms with E-state index in [0.717, 1.165) is 34.7 Å². The van der Waals surface area contributed by atoms with Crippen LogP contribution in [0, 0.1) is 0 Å². The molecule has 0 fully saturated rings. The highest BCUT2D eigenvalue weighted by Gasteiger charge is 2.00. The normalized spacial score (nSPS) is 10.4. The Morgan fingerprint density at radius 2 is 2.41 bits per heavy atom. The Balaban J connectivity index is 1.60. The first-order valence-corrected chi connectivity index (χ1v) is 7.86. The summed E-state index contributed by atoms with van der Waals surface area (Å²) in [4.78, 5) is 4.42. The van der Waals surface area contributed by atoms with Crippen LogP contribution in [-0.2, 0) is 5.75 Å². The van der Waals surface area contributed by atoms with Crippen LogP contribution in [0.2, 0.25) is 0 Å². The van der Waals surface area contributed by atoms with Gasteiger partial charge < -0.3 is 10.6 Å². The van der Waals surface area contributed by atoms with Gasteiger partial charge in [-0.15, -0.1) is 11.3 Å². The number of anilines is 2. The van der Waals surface area contributed by atoms with Crippen molar-refractivity contribution in [2.24, 2.45) is 0 Å². The van der Waals surface area contributed by atoms with E-state index in [9.17, 15) is 0 Å². The number of aromatic nitrogens is 3. The summed E-state index contributed by atoms with van der Waals surface area (Å²) in [6.45, 7) is 0.902. The van der Waals surface area contributed by atoms with Gasteiger partial charge in [0, 0.05) is 30.5 Å². The minimum Gasteiger partial charge on any atom is -0.367 e. The molecule has 5 nitrogen and oxygen atoms in total. The molecule has 0 aromatic carbocycles. The predicted molar refractivity (Wildman–Crippen MR) is 76.2 cm³/mol. The molecule has 0 aliphatic heterocycles. The standard InChI is InChI=1S/C9H13N5S3/c1-10-9-13-7(6-16-9)5-15-3-2-11-8-4-12-17-14-8/h4,6H,2-3,5H2,1H3,(H,10,13)(H,11,14). The molecule has 0 bridgehead atoms. The fraction of sp³-hybridized carbons (Fsp3) is 0.444. The molecule has 0 aliphatic carbocycles. The van der Waals surface area contributed by atoms with Crippen LogP contribution in [-0.4, -0.2) is 33.1 Å². The number of rotatable bonds is 7. The van der Waals surface area contributed by atoms with Gasteiger partial charge in [-0.2, -0.15) is 20.5 Å². The van der Waals surface area contributed by atoms with Gasteiger partial charge in [0.25, 0.3) is 0 Å². The Morgan fingerprint density at radius 3 is 3.12 bits per heavy atom. The fourth-order valence-electron chi connectivity index (χ4n) is 1.16. The molecule has 2 rings (SSSR count). The van der Waals surface area contributed by atoms with Crippen LogP contribution in [0.1, 0.15) is 5.69 Å². The molecule has 2 aromatic rings. The second-order valence-corrected chi connectivity index (χ2v) is 5.69. The minimum atomic E-state index is 0.863. The number of thiazole rings is 1. The van der Waals surface area contributed by atoms with Crippen LogP contribution < -0.4 is 10.6 Å². The van der Waals surface area contributed by atoms with Gasteiger partial charge in [-0.25, -0.2) is 4.98 Å². The van der Waals surface area contributed by atoms with E-state index in [1.165, 1.54) is 11.7 Å². The predicted octanol–water partition coefficient (Wildman–Crippen LogP) is 2.38. The van der Waals surface area contributed by atoms with Crippen molar-refractivity contribution >= 4 is 45.8 Å². The van der Waals surface area contributed by atoms with E-state index < -0.39 is 0 Å². The Hall–Kier alpha value is -0.860. The maximum absolute atomic E-state index is 4.42. The SMILES string of the molecule is CNc1nc(CSCCNc2cnsn2)cs1. The lowest BCUT2D eigenvalue weighted by atomic mass is 10.6. The number of nitrogens with one attached hydrogen (secondary N) is 2. The Bertz CT molecular complexity index is 428. The minimum absolute atomic E-state index is 0.863. The van der Waals surface area contributed by atoms with Gasteiger partial charge >= 0.3 is 0 Å². The molecular formula is C9H13N5S3. The van der Waals surface area contributed by atoms with E-state index in [0.29, 0.717) is 0 Å². The average molecular weight is 287 g/mol. The molecule has 0 saturated heterocycles. The highest BCUT2D eigenvalue weighted by Crippen LogP contribution is 2.18. The highest BCUT2D eigenvalue weighted by atomic mass is 32.2. The van der Waals surface area contributed by atoms with E-state index in [1.54, 1.807) is 17.5 Å². The van der Waals surface area contributed by atoms with Crippen molar-refractivity contribution in [1.29, 1.82) is 0 Å². The van der Waals surface area contributed by atoms with Crippen LogP contribution in [0.4, 0.5) is 10.9 Å². The van der Waals surface area contributed by atoms with Gasteiger partial charge in [-0.05, 0) is 0 Å². The first kappa shape index (κ1) is 12.6. The van der Waals surface area contributed by atoms with Crippen molar-refractivity contribution in [2.45, 2.75) is 5.75 Å². The summed E-state index contributed by atoms with van der Waals surface area (Å²) >= 11 is 4.73. The van der Waals surface area contributed by atoms with Crippen molar-refractivity contribution in [3.05, 3.63) is 17.3 Å². The monoisotopic (exact) mass is 287 g/mol. The molecule has 8 heteroatoms. The quantitative estimate of drug-likeness (QED) is 0.762. The topological polar surface area (TPSA) is 62.7 Å². The largest absolute Gasteiger partial charge is 0.367 e. The summed E-state index contributed by atoms with van der Waals surface area (Å²) in [6, 6.07) is 0. The van der Waals surface area contributed by atoms with Crippen LogP contribution >= 0.6 is 34.8 Å². The van der Waals surface area contributed by atoms with Crippen molar-refractivity contribution in [1.82, 2.24) is 13.7 Å². The number of nitrogens with zero attached hydrogens (tertiary/aromatic N) is 3. The van der Waals surface area contributed by atoms with E-state index >= 15 is 0 Å². The van der Waals surface area contributed by atoms with Gasteiger partial charge in [0.2, 0.25) is 0 Å². The molecule has 17 heavy (non-hydrogen) atoms. The van der Waals surface area contributed by atoms with Gasteiger partial charge in [0.05, 0.1) is 23.6 Å². The lowest BCUT2D eigenvalue weighted by Gasteiger charge is -2.01. The molecule has 2 aromatic heterocycles. The lowest BCUT2D eigenvalue weighted by molar-refractivity contribution is 1.18. The average Bonchev–Trinajstić information content (AvgIpc) is 2.99. The van der Waals surface area contributed by atoms with E-state index in [2.05, 4.69) is 29.7 Å². The van der Waals surface area contributed by atoms with Crippen LogP contribution in [0.15, 0.2) is 11.6 Å². The van der Waals surface area contributed by atoms with Gasteiger partial charge in [-0.3, -0.25) is 0 Å². The first-order valence-electron chi connectivity index (χ1n) is 5.10. The van der Waals surface area contributed by atoms with Crippen LogP contribution in [0.5, 0.6) is 0 Å². The van der Waals surface area contributed by atoms with Crippen molar-refractivity contribution in [2.75, 3.05) is 30.0 Å². The van der Waals surface area contributed by atoms with Gasteiger partial charge in [0.1, 0.15) is 0 Å². The number of hydrogen-bond donors (Lipinski definition) is 2. The van der Waals surface area contributed by atoms with Gasteiger partial charge in [0.15, 0.2) is 10.9 Å². The second-order valence-electron chi connectivity index (χ2n) is 3.17.